The number of methoxy groups -OCH3 is 1. The number of nitrogens with zero attached hydrogens (tertiary/aromatic N) is 2. The van der Waals surface area contributed by atoms with E-state index in [0.717, 1.165) is 31.7 Å². The summed E-state index contributed by atoms with van der Waals surface area (Å²) in [5.41, 5.74) is 1.30. The van der Waals surface area contributed by atoms with E-state index in [1.807, 2.05) is 46.1 Å². The third-order valence-corrected chi connectivity index (χ3v) is 4.60. The van der Waals surface area contributed by atoms with Crippen molar-refractivity contribution in [3.8, 4) is 5.75 Å². The lowest BCUT2D eigenvalue weighted by molar-refractivity contribution is -0.131. The number of hydrogen-bond donors (Lipinski definition) is 0. The van der Waals surface area contributed by atoms with Crippen molar-refractivity contribution in [2.45, 2.75) is 31.7 Å². The monoisotopic (exact) mass is 312 g/mol. The number of rotatable bonds is 4. The Morgan fingerprint density at radius 2 is 1.91 bits per heavy atom. The molecule has 122 valence electrons. The molecule has 1 fully saturated rings. The number of carbonyl (C=O) groups excluding carboxylic acids is 1. The summed E-state index contributed by atoms with van der Waals surface area (Å²) >= 11 is 0. The highest BCUT2D eigenvalue weighted by molar-refractivity contribution is 5.76. The molecule has 2 aromatic rings. The molecule has 1 unspecified atom stereocenters. The van der Waals surface area contributed by atoms with Crippen LogP contribution < -0.4 is 4.74 Å². The van der Waals surface area contributed by atoms with Crippen LogP contribution in [0, 0.1) is 0 Å². The van der Waals surface area contributed by atoms with E-state index in [2.05, 4.69) is 12.1 Å². The van der Waals surface area contributed by atoms with Gasteiger partial charge in [-0.3, -0.25) is 4.79 Å². The minimum absolute atomic E-state index is 0.210. The van der Waals surface area contributed by atoms with Gasteiger partial charge in [-0.1, -0.05) is 18.6 Å². The second-order valence-electron chi connectivity index (χ2n) is 6.16. The van der Waals surface area contributed by atoms with E-state index >= 15 is 0 Å². The standard InChI is InChI=1S/C19H24N2O2/c1-23-18-9-7-16(8-10-18)17-6-2-3-13-21(14-17)19(22)15-20-11-4-5-12-20/h4-5,7-12,17H,2-3,6,13-15H2,1H3. The molecule has 4 heteroatoms. The molecular weight excluding hydrogens is 288 g/mol. The van der Waals surface area contributed by atoms with Crippen LogP contribution in [-0.2, 0) is 11.3 Å². The Balaban J connectivity index is 1.68. The fourth-order valence-electron chi connectivity index (χ4n) is 3.25. The molecule has 0 bridgehead atoms. The van der Waals surface area contributed by atoms with Crippen molar-refractivity contribution in [1.82, 2.24) is 9.47 Å². The quantitative estimate of drug-likeness (QED) is 0.868. The first-order valence-electron chi connectivity index (χ1n) is 8.29. The zero-order chi connectivity index (χ0) is 16.1. The normalized spacial score (nSPS) is 18.5. The van der Waals surface area contributed by atoms with Gasteiger partial charge in [0.15, 0.2) is 0 Å². The molecule has 23 heavy (non-hydrogen) atoms. The molecule has 0 spiro atoms. The number of ether oxygens (including phenoxy) is 1. The van der Waals surface area contributed by atoms with Gasteiger partial charge in [-0.2, -0.15) is 0 Å². The second-order valence-corrected chi connectivity index (χ2v) is 6.16. The predicted molar refractivity (Wildman–Crippen MR) is 90.6 cm³/mol. The lowest BCUT2D eigenvalue weighted by Crippen LogP contribution is -2.36. The molecule has 1 aromatic heterocycles. The Morgan fingerprint density at radius 1 is 1.17 bits per heavy atom. The Bertz CT molecular complexity index is 619. The lowest BCUT2D eigenvalue weighted by atomic mass is 9.94. The average molecular weight is 312 g/mol. The lowest BCUT2D eigenvalue weighted by Gasteiger charge is -2.25. The van der Waals surface area contributed by atoms with Crippen LogP contribution in [-0.4, -0.2) is 35.6 Å². The summed E-state index contributed by atoms with van der Waals surface area (Å²) < 4.78 is 7.17. The van der Waals surface area contributed by atoms with Gasteiger partial charge < -0.3 is 14.2 Å². The molecule has 3 rings (SSSR count). The number of benzene rings is 1. The molecule has 0 N–H and O–H groups in total. The summed E-state index contributed by atoms with van der Waals surface area (Å²) in [6.07, 6.45) is 7.28. The summed E-state index contributed by atoms with van der Waals surface area (Å²) in [7, 11) is 1.68. The highest BCUT2D eigenvalue weighted by atomic mass is 16.5. The van der Waals surface area contributed by atoms with Gasteiger partial charge in [-0.15, -0.1) is 0 Å². The molecule has 0 aliphatic carbocycles. The molecule has 2 heterocycles. The van der Waals surface area contributed by atoms with Crippen LogP contribution in [0.5, 0.6) is 5.75 Å². The minimum Gasteiger partial charge on any atom is -0.497 e. The van der Waals surface area contributed by atoms with Crippen molar-refractivity contribution in [2.24, 2.45) is 0 Å². The number of likely N-dealkylation sites (tertiary alicyclic amines) is 1. The van der Waals surface area contributed by atoms with E-state index in [-0.39, 0.29) is 5.91 Å². The van der Waals surface area contributed by atoms with Crippen molar-refractivity contribution < 1.29 is 9.53 Å². The number of carbonyl (C=O) groups is 1. The molecule has 0 saturated carbocycles. The van der Waals surface area contributed by atoms with Gasteiger partial charge in [0.1, 0.15) is 12.3 Å². The van der Waals surface area contributed by atoms with E-state index in [1.165, 1.54) is 12.0 Å². The number of hydrogen-bond acceptors (Lipinski definition) is 2. The Kier molecular flexibility index (Phi) is 5.01. The van der Waals surface area contributed by atoms with Crippen molar-refractivity contribution >= 4 is 5.91 Å². The van der Waals surface area contributed by atoms with Crippen LogP contribution in [0.2, 0.25) is 0 Å². The van der Waals surface area contributed by atoms with E-state index < -0.39 is 0 Å². The van der Waals surface area contributed by atoms with Gasteiger partial charge in [0.05, 0.1) is 7.11 Å². The van der Waals surface area contributed by atoms with Crippen LogP contribution in [0.25, 0.3) is 0 Å². The average Bonchev–Trinajstić information content (AvgIpc) is 2.96. The van der Waals surface area contributed by atoms with Gasteiger partial charge in [0, 0.05) is 31.4 Å². The number of amides is 1. The van der Waals surface area contributed by atoms with Crippen LogP contribution in [0.4, 0.5) is 0 Å². The van der Waals surface area contributed by atoms with Gasteiger partial charge in [-0.05, 0) is 42.7 Å². The Labute approximate surface area is 137 Å². The zero-order valence-corrected chi connectivity index (χ0v) is 13.6. The van der Waals surface area contributed by atoms with Crippen molar-refractivity contribution in [3.63, 3.8) is 0 Å². The first-order chi connectivity index (χ1) is 11.3. The summed E-state index contributed by atoms with van der Waals surface area (Å²) in [6, 6.07) is 12.2. The third-order valence-electron chi connectivity index (χ3n) is 4.60. The van der Waals surface area contributed by atoms with E-state index in [4.69, 9.17) is 4.74 Å². The SMILES string of the molecule is COc1ccc(C2CCCCN(C(=O)Cn3cccc3)C2)cc1. The van der Waals surface area contributed by atoms with Crippen LogP contribution >= 0.6 is 0 Å². The minimum atomic E-state index is 0.210. The zero-order valence-electron chi connectivity index (χ0n) is 13.6. The van der Waals surface area contributed by atoms with E-state index in [1.54, 1.807) is 7.11 Å². The third kappa shape index (κ3) is 3.95. The first kappa shape index (κ1) is 15.7. The molecule has 1 aliphatic rings. The maximum Gasteiger partial charge on any atom is 0.242 e. The van der Waals surface area contributed by atoms with Gasteiger partial charge in [0.25, 0.3) is 0 Å². The molecule has 1 atom stereocenters. The summed E-state index contributed by atoms with van der Waals surface area (Å²) in [5, 5.41) is 0. The Morgan fingerprint density at radius 3 is 2.61 bits per heavy atom. The van der Waals surface area contributed by atoms with Gasteiger partial charge >= 0.3 is 0 Å². The van der Waals surface area contributed by atoms with Crippen LogP contribution in [0.15, 0.2) is 48.8 Å². The van der Waals surface area contributed by atoms with Gasteiger partial charge in [-0.25, -0.2) is 0 Å². The summed E-state index contributed by atoms with van der Waals surface area (Å²) in [5.74, 6) is 1.50. The molecule has 1 amide bonds. The smallest absolute Gasteiger partial charge is 0.242 e. The summed E-state index contributed by atoms with van der Waals surface area (Å²) in [6.45, 7) is 2.11. The highest BCUT2D eigenvalue weighted by Crippen LogP contribution is 2.28. The largest absolute Gasteiger partial charge is 0.497 e. The Hall–Kier alpha value is -2.23. The molecule has 1 aliphatic heterocycles. The van der Waals surface area contributed by atoms with Crippen molar-refractivity contribution in [2.75, 3.05) is 20.2 Å². The predicted octanol–water partition coefficient (Wildman–Crippen LogP) is 3.29. The summed E-state index contributed by atoms with van der Waals surface area (Å²) in [4.78, 5) is 14.6. The second kappa shape index (κ2) is 7.36. The van der Waals surface area contributed by atoms with E-state index in [9.17, 15) is 4.79 Å². The highest BCUT2D eigenvalue weighted by Gasteiger charge is 2.23. The maximum absolute atomic E-state index is 12.6. The fourth-order valence-corrected chi connectivity index (χ4v) is 3.25. The van der Waals surface area contributed by atoms with Crippen LogP contribution in [0.3, 0.4) is 0 Å². The molecule has 1 aromatic carbocycles. The fraction of sp³-hybridized carbons (Fsp3) is 0.421. The molecule has 4 nitrogen and oxygen atoms in total. The van der Waals surface area contributed by atoms with Crippen molar-refractivity contribution in [1.29, 1.82) is 0 Å². The molecule has 0 radical (unpaired) electrons. The van der Waals surface area contributed by atoms with Crippen LogP contribution in [0.1, 0.15) is 30.7 Å². The van der Waals surface area contributed by atoms with Crippen molar-refractivity contribution in [3.05, 3.63) is 54.4 Å². The first-order valence-corrected chi connectivity index (χ1v) is 8.29. The molecule has 1 saturated heterocycles. The van der Waals surface area contributed by atoms with Gasteiger partial charge in [0.2, 0.25) is 5.91 Å². The molecular formula is C19H24N2O2. The number of aromatic nitrogens is 1. The topological polar surface area (TPSA) is 34.5 Å². The maximum atomic E-state index is 12.6. The van der Waals surface area contributed by atoms with E-state index in [0.29, 0.717) is 12.5 Å².